The summed E-state index contributed by atoms with van der Waals surface area (Å²) >= 11 is 0. The molecule has 50 valence electrons. The van der Waals surface area contributed by atoms with Crippen LogP contribution in [0.3, 0.4) is 0 Å². The lowest BCUT2D eigenvalue weighted by Crippen LogP contribution is -2.19. The van der Waals surface area contributed by atoms with Crippen molar-refractivity contribution in [3.8, 4) is 0 Å². The fourth-order valence-corrected chi connectivity index (χ4v) is 1.65. The third-order valence-corrected chi connectivity index (χ3v) is 2.42. The fourth-order valence-electron chi connectivity index (χ4n) is 1.65. The van der Waals surface area contributed by atoms with Gasteiger partial charge in [-0.15, -0.1) is 0 Å². The normalized spacial score (nSPS) is 39.9. The Balaban J connectivity index is 2.21. The second-order valence-electron chi connectivity index (χ2n) is 3.46. The monoisotopic (exact) mass is 124 g/mol. The van der Waals surface area contributed by atoms with Crippen molar-refractivity contribution in [2.24, 2.45) is 5.41 Å². The van der Waals surface area contributed by atoms with Crippen molar-refractivity contribution in [2.75, 3.05) is 6.61 Å². The summed E-state index contributed by atoms with van der Waals surface area (Å²) in [4.78, 5) is 0. The van der Waals surface area contributed by atoms with E-state index in [1.807, 2.05) is 0 Å². The summed E-state index contributed by atoms with van der Waals surface area (Å²) in [6.45, 7) is 3.29. The van der Waals surface area contributed by atoms with Crippen LogP contribution in [0.2, 0.25) is 0 Å². The first-order valence-electron chi connectivity index (χ1n) is 3.60. The van der Waals surface area contributed by atoms with Gasteiger partial charge in [-0.2, -0.15) is 0 Å². The lowest BCUT2D eigenvalue weighted by molar-refractivity contribution is 0.104. The van der Waals surface area contributed by atoms with Crippen LogP contribution in [-0.2, 0) is 4.74 Å². The van der Waals surface area contributed by atoms with Gasteiger partial charge in [-0.25, -0.2) is 0 Å². The highest BCUT2D eigenvalue weighted by Gasteiger charge is 2.33. The topological polar surface area (TPSA) is 9.23 Å². The Hall–Kier alpha value is -0.460. The molecule has 2 bridgehead atoms. The molecule has 0 spiro atoms. The molecule has 1 atom stereocenters. The largest absolute Gasteiger partial charge is 0.498 e. The summed E-state index contributed by atoms with van der Waals surface area (Å²) in [6, 6.07) is 0. The Morgan fingerprint density at radius 2 is 2.56 bits per heavy atom. The average molecular weight is 124 g/mol. The van der Waals surface area contributed by atoms with Crippen LogP contribution in [0.5, 0.6) is 0 Å². The second-order valence-corrected chi connectivity index (χ2v) is 3.46. The SMILES string of the molecule is CC12CC=C(C1)OCC2. The zero-order valence-electron chi connectivity index (χ0n) is 5.81. The van der Waals surface area contributed by atoms with E-state index in [4.69, 9.17) is 4.74 Å². The third kappa shape index (κ3) is 0.752. The van der Waals surface area contributed by atoms with Gasteiger partial charge in [-0.3, -0.25) is 0 Å². The van der Waals surface area contributed by atoms with E-state index in [0.717, 1.165) is 6.61 Å². The van der Waals surface area contributed by atoms with Crippen molar-refractivity contribution in [3.05, 3.63) is 11.8 Å². The second kappa shape index (κ2) is 1.53. The molecule has 0 aromatic rings. The minimum Gasteiger partial charge on any atom is -0.498 e. The maximum atomic E-state index is 5.40. The molecule has 1 nitrogen and oxygen atoms in total. The van der Waals surface area contributed by atoms with Crippen LogP contribution in [-0.4, -0.2) is 6.61 Å². The van der Waals surface area contributed by atoms with Gasteiger partial charge < -0.3 is 4.74 Å². The number of fused-ring (bicyclic) bond motifs is 2. The number of ether oxygens (including phenoxy) is 1. The van der Waals surface area contributed by atoms with Crippen molar-refractivity contribution in [1.29, 1.82) is 0 Å². The van der Waals surface area contributed by atoms with Gasteiger partial charge in [0.2, 0.25) is 0 Å². The highest BCUT2D eigenvalue weighted by Crippen LogP contribution is 2.43. The molecule has 0 saturated carbocycles. The van der Waals surface area contributed by atoms with Crippen LogP contribution in [0.1, 0.15) is 26.2 Å². The van der Waals surface area contributed by atoms with E-state index >= 15 is 0 Å². The van der Waals surface area contributed by atoms with Gasteiger partial charge >= 0.3 is 0 Å². The molecule has 0 amide bonds. The minimum absolute atomic E-state index is 0.577. The molecule has 1 heteroatoms. The fraction of sp³-hybridized carbons (Fsp3) is 0.750. The molecule has 0 aromatic carbocycles. The van der Waals surface area contributed by atoms with Crippen molar-refractivity contribution in [1.82, 2.24) is 0 Å². The van der Waals surface area contributed by atoms with Gasteiger partial charge in [0, 0.05) is 6.42 Å². The van der Waals surface area contributed by atoms with E-state index in [0.29, 0.717) is 5.41 Å². The van der Waals surface area contributed by atoms with Crippen molar-refractivity contribution < 1.29 is 4.74 Å². The Kier molecular flexibility index (Phi) is 0.904. The Morgan fingerprint density at radius 1 is 1.67 bits per heavy atom. The summed E-state index contributed by atoms with van der Waals surface area (Å²) < 4.78 is 5.40. The quantitative estimate of drug-likeness (QED) is 0.480. The molecule has 1 saturated heterocycles. The first-order chi connectivity index (χ1) is 4.29. The standard InChI is InChI=1S/C8H12O/c1-8-3-2-7(6-8)9-5-4-8/h2H,3-6H2,1H3. The van der Waals surface area contributed by atoms with Crippen LogP contribution in [0.15, 0.2) is 11.8 Å². The average Bonchev–Trinajstić information content (AvgIpc) is 2.07. The number of hydrogen-bond acceptors (Lipinski definition) is 1. The van der Waals surface area contributed by atoms with Gasteiger partial charge in [-0.1, -0.05) is 6.92 Å². The summed E-state index contributed by atoms with van der Waals surface area (Å²) in [7, 11) is 0. The van der Waals surface area contributed by atoms with Gasteiger partial charge in [0.05, 0.1) is 12.4 Å². The zero-order chi connectivity index (χ0) is 6.32. The molecule has 0 N–H and O–H groups in total. The van der Waals surface area contributed by atoms with Crippen molar-refractivity contribution >= 4 is 0 Å². The summed E-state index contributed by atoms with van der Waals surface area (Å²) in [5.41, 5.74) is 0.577. The van der Waals surface area contributed by atoms with E-state index < -0.39 is 0 Å². The van der Waals surface area contributed by atoms with Crippen LogP contribution >= 0.6 is 0 Å². The molecule has 0 aromatic heterocycles. The van der Waals surface area contributed by atoms with Gasteiger partial charge in [-0.05, 0) is 24.3 Å². The summed E-state index contributed by atoms with van der Waals surface area (Å²) in [5, 5.41) is 0. The predicted molar refractivity (Wildman–Crippen MR) is 36.0 cm³/mol. The molecule has 1 aliphatic carbocycles. The van der Waals surface area contributed by atoms with E-state index in [2.05, 4.69) is 13.0 Å². The van der Waals surface area contributed by atoms with Crippen LogP contribution < -0.4 is 0 Å². The van der Waals surface area contributed by atoms with Crippen LogP contribution in [0.4, 0.5) is 0 Å². The number of rotatable bonds is 0. The van der Waals surface area contributed by atoms with Gasteiger partial charge in [0.15, 0.2) is 0 Å². The molecule has 1 aliphatic heterocycles. The third-order valence-electron chi connectivity index (χ3n) is 2.42. The van der Waals surface area contributed by atoms with E-state index in [-0.39, 0.29) is 0 Å². The molecule has 1 unspecified atom stereocenters. The Bertz CT molecular complexity index is 160. The lowest BCUT2D eigenvalue weighted by atomic mass is 9.84. The number of hydrogen-bond donors (Lipinski definition) is 0. The zero-order valence-corrected chi connectivity index (χ0v) is 5.81. The van der Waals surface area contributed by atoms with Crippen molar-refractivity contribution in [3.63, 3.8) is 0 Å². The summed E-state index contributed by atoms with van der Waals surface area (Å²) in [5.74, 6) is 1.24. The molecule has 1 heterocycles. The lowest BCUT2D eigenvalue weighted by Gasteiger charge is -2.28. The maximum Gasteiger partial charge on any atom is 0.0925 e. The molecule has 1 fully saturated rings. The predicted octanol–water partition coefficient (Wildman–Crippen LogP) is 2.09. The van der Waals surface area contributed by atoms with Crippen molar-refractivity contribution in [2.45, 2.75) is 26.2 Å². The Morgan fingerprint density at radius 3 is 3.22 bits per heavy atom. The maximum absolute atomic E-state index is 5.40. The highest BCUT2D eigenvalue weighted by atomic mass is 16.5. The van der Waals surface area contributed by atoms with E-state index in [1.165, 1.54) is 25.0 Å². The van der Waals surface area contributed by atoms with Crippen LogP contribution in [0, 0.1) is 5.41 Å². The molecule has 2 rings (SSSR count). The molecular weight excluding hydrogens is 112 g/mol. The highest BCUT2D eigenvalue weighted by molar-refractivity contribution is 5.10. The first kappa shape index (κ1) is 5.33. The minimum atomic E-state index is 0.577. The van der Waals surface area contributed by atoms with Gasteiger partial charge in [0.1, 0.15) is 0 Å². The van der Waals surface area contributed by atoms with E-state index in [1.54, 1.807) is 0 Å². The summed E-state index contributed by atoms with van der Waals surface area (Å²) in [6.07, 6.45) is 5.91. The molecule has 2 aliphatic rings. The van der Waals surface area contributed by atoms with Crippen LogP contribution in [0.25, 0.3) is 0 Å². The van der Waals surface area contributed by atoms with Gasteiger partial charge in [0.25, 0.3) is 0 Å². The Labute approximate surface area is 55.7 Å². The first-order valence-corrected chi connectivity index (χ1v) is 3.60. The van der Waals surface area contributed by atoms with E-state index in [9.17, 15) is 0 Å². The molecular formula is C8H12O. The molecule has 0 radical (unpaired) electrons. The number of allylic oxidation sites excluding steroid dienone is 2. The smallest absolute Gasteiger partial charge is 0.0925 e. The molecule has 9 heavy (non-hydrogen) atoms.